The molecule has 6 heteroatoms. The van der Waals surface area contributed by atoms with Crippen LogP contribution in [0.5, 0.6) is 0 Å². The molecule has 1 saturated heterocycles. The zero-order valence-electron chi connectivity index (χ0n) is 14.4. The maximum atomic E-state index is 12.2. The monoisotopic (exact) mass is 367 g/mol. The second-order valence-electron chi connectivity index (χ2n) is 6.39. The van der Waals surface area contributed by atoms with Crippen molar-refractivity contribution in [2.75, 3.05) is 13.2 Å². The quantitative estimate of drug-likeness (QED) is 0.651. The molecule has 0 saturated carbocycles. The van der Waals surface area contributed by atoms with E-state index in [1.54, 1.807) is 11.8 Å². The first kappa shape index (κ1) is 17.1. The first-order chi connectivity index (χ1) is 12.8. The van der Waals surface area contributed by atoms with E-state index >= 15 is 0 Å². The summed E-state index contributed by atoms with van der Waals surface area (Å²) in [5, 5.41) is 3.86. The zero-order chi connectivity index (χ0) is 17.8. The number of imidazole rings is 1. The highest BCUT2D eigenvalue weighted by atomic mass is 32.2. The average molecular weight is 367 g/mol. The van der Waals surface area contributed by atoms with Crippen LogP contribution in [0, 0.1) is 0 Å². The van der Waals surface area contributed by atoms with Crippen LogP contribution >= 0.6 is 11.8 Å². The Labute approximate surface area is 156 Å². The predicted molar refractivity (Wildman–Crippen MR) is 103 cm³/mol. The van der Waals surface area contributed by atoms with Crippen molar-refractivity contribution in [3.8, 4) is 0 Å². The number of carbonyl (C=O) groups is 1. The third kappa shape index (κ3) is 4.08. The molecule has 1 aliphatic heterocycles. The molecule has 0 bridgehead atoms. The van der Waals surface area contributed by atoms with Crippen molar-refractivity contribution in [2.45, 2.75) is 29.9 Å². The fraction of sp³-hybridized carbons (Fsp3) is 0.300. The molecule has 0 spiro atoms. The van der Waals surface area contributed by atoms with Gasteiger partial charge < -0.3 is 15.0 Å². The Morgan fingerprint density at radius 2 is 2.08 bits per heavy atom. The van der Waals surface area contributed by atoms with Gasteiger partial charge in [-0.15, -0.1) is 0 Å². The lowest BCUT2D eigenvalue weighted by Crippen LogP contribution is -2.31. The minimum absolute atomic E-state index is 0.0445. The van der Waals surface area contributed by atoms with Gasteiger partial charge in [0.1, 0.15) is 0 Å². The Morgan fingerprint density at radius 3 is 2.85 bits per heavy atom. The fourth-order valence-corrected chi connectivity index (χ4v) is 3.86. The van der Waals surface area contributed by atoms with Crippen LogP contribution < -0.4 is 5.32 Å². The number of aromatic nitrogens is 2. The number of hydrogen-bond donors (Lipinski definition) is 2. The molecule has 2 aromatic carbocycles. The lowest BCUT2D eigenvalue weighted by Gasteiger charge is -2.11. The molecule has 0 aliphatic carbocycles. The van der Waals surface area contributed by atoms with Crippen LogP contribution in [-0.2, 0) is 10.5 Å². The molecule has 1 atom stereocenters. The summed E-state index contributed by atoms with van der Waals surface area (Å²) in [5.74, 6) is 0.759. The Bertz CT molecular complexity index is 852. The SMILES string of the molecule is O=C(NC[C@H]1CCCO1)c1ccc(CSc2nc3ccccc3[nH]2)cc1. The van der Waals surface area contributed by atoms with Crippen LogP contribution in [0.15, 0.2) is 53.7 Å². The first-order valence-electron chi connectivity index (χ1n) is 8.84. The van der Waals surface area contributed by atoms with E-state index in [1.807, 2.05) is 48.5 Å². The summed E-state index contributed by atoms with van der Waals surface area (Å²) in [6.45, 7) is 1.39. The minimum Gasteiger partial charge on any atom is -0.376 e. The van der Waals surface area contributed by atoms with Crippen molar-refractivity contribution in [1.29, 1.82) is 0 Å². The van der Waals surface area contributed by atoms with Crippen molar-refractivity contribution in [1.82, 2.24) is 15.3 Å². The van der Waals surface area contributed by atoms with Crippen LogP contribution in [0.4, 0.5) is 0 Å². The number of para-hydroxylation sites is 2. The van der Waals surface area contributed by atoms with Crippen molar-refractivity contribution in [3.05, 3.63) is 59.7 Å². The average Bonchev–Trinajstić information content (AvgIpc) is 3.34. The highest BCUT2D eigenvalue weighted by molar-refractivity contribution is 7.98. The molecule has 1 fully saturated rings. The Morgan fingerprint density at radius 1 is 1.23 bits per heavy atom. The molecule has 1 aliphatic rings. The van der Waals surface area contributed by atoms with E-state index in [9.17, 15) is 4.79 Å². The van der Waals surface area contributed by atoms with Crippen LogP contribution in [0.1, 0.15) is 28.8 Å². The van der Waals surface area contributed by atoms with Gasteiger partial charge in [-0.3, -0.25) is 4.79 Å². The molecule has 0 radical (unpaired) electrons. The number of aromatic amines is 1. The van der Waals surface area contributed by atoms with Gasteiger partial charge in [0.05, 0.1) is 17.1 Å². The zero-order valence-corrected chi connectivity index (χ0v) is 15.2. The summed E-state index contributed by atoms with van der Waals surface area (Å²) in [4.78, 5) is 20.1. The van der Waals surface area contributed by atoms with Gasteiger partial charge in [-0.05, 0) is 42.7 Å². The first-order valence-corrected chi connectivity index (χ1v) is 9.83. The van der Waals surface area contributed by atoms with Gasteiger partial charge in [0.15, 0.2) is 5.16 Å². The summed E-state index contributed by atoms with van der Waals surface area (Å²) >= 11 is 1.66. The van der Waals surface area contributed by atoms with E-state index in [0.29, 0.717) is 12.1 Å². The summed E-state index contributed by atoms with van der Waals surface area (Å²) in [6, 6.07) is 15.8. The molecule has 0 unspecified atom stereocenters. The van der Waals surface area contributed by atoms with Gasteiger partial charge in [-0.25, -0.2) is 4.98 Å². The predicted octanol–water partition coefficient (Wildman–Crippen LogP) is 3.76. The Hall–Kier alpha value is -2.31. The molecule has 4 rings (SSSR count). The van der Waals surface area contributed by atoms with Gasteiger partial charge in [0, 0.05) is 24.5 Å². The van der Waals surface area contributed by atoms with E-state index in [-0.39, 0.29) is 12.0 Å². The number of nitrogens with zero attached hydrogens (tertiary/aromatic N) is 1. The third-order valence-electron chi connectivity index (χ3n) is 4.47. The van der Waals surface area contributed by atoms with Crippen molar-refractivity contribution < 1.29 is 9.53 Å². The molecule has 3 aromatic rings. The molecule has 1 aromatic heterocycles. The summed E-state index contributed by atoms with van der Waals surface area (Å²) in [7, 11) is 0. The van der Waals surface area contributed by atoms with Crippen molar-refractivity contribution >= 4 is 28.7 Å². The molecular weight excluding hydrogens is 346 g/mol. The smallest absolute Gasteiger partial charge is 0.251 e. The van der Waals surface area contributed by atoms with Crippen LogP contribution in [0.2, 0.25) is 0 Å². The van der Waals surface area contributed by atoms with E-state index in [4.69, 9.17) is 4.74 Å². The van der Waals surface area contributed by atoms with Gasteiger partial charge >= 0.3 is 0 Å². The second-order valence-corrected chi connectivity index (χ2v) is 7.35. The maximum absolute atomic E-state index is 12.2. The minimum atomic E-state index is -0.0445. The van der Waals surface area contributed by atoms with E-state index in [2.05, 4.69) is 15.3 Å². The maximum Gasteiger partial charge on any atom is 0.251 e. The summed E-state index contributed by atoms with van der Waals surface area (Å²) < 4.78 is 5.53. The number of amides is 1. The van der Waals surface area contributed by atoms with Gasteiger partial charge in [-0.2, -0.15) is 0 Å². The van der Waals surface area contributed by atoms with Crippen molar-refractivity contribution in [3.63, 3.8) is 0 Å². The lowest BCUT2D eigenvalue weighted by atomic mass is 10.1. The highest BCUT2D eigenvalue weighted by Crippen LogP contribution is 2.23. The van der Waals surface area contributed by atoms with Crippen LogP contribution in [0.3, 0.4) is 0 Å². The van der Waals surface area contributed by atoms with E-state index in [0.717, 1.165) is 47.0 Å². The number of nitrogens with one attached hydrogen (secondary N) is 2. The van der Waals surface area contributed by atoms with E-state index in [1.165, 1.54) is 0 Å². The third-order valence-corrected chi connectivity index (χ3v) is 5.42. The molecule has 5 nitrogen and oxygen atoms in total. The number of rotatable bonds is 6. The number of fused-ring (bicyclic) bond motifs is 1. The number of hydrogen-bond acceptors (Lipinski definition) is 4. The van der Waals surface area contributed by atoms with Gasteiger partial charge in [-0.1, -0.05) is 36.0 Å². The number of thioether (sulfide) groups is 1. The molecule has 26 heavy (non-hydrogen) atoms. The molecule has 1 amide bonds. The number of benzene rings is 2. The molecular formula is C20H21N3O2S. The molecule has 2 heterocycles. The summed E-state index contributed by atoms with van der Waals surface area (Å²) in [6.07, 6.45) is 2.27. The fourth-order valence-electron chi connectivity index (χ4n) is 3.02. The largest absolute Gasteiger partial charge is 0.376 e. The van der Waals surface area contributed by atoms with Crippen molar-refractivity contribution in [2.24, 2.45) is 0 Å². The van der Waals surface area contributed by atoms with Crippen LogP contribution in [-0.4, -0.2) is 35.1 Å². The second kappa shape index (κ2) is 7.93. The Balaban J connectivity index is 1.31. The van der Waals surface area contributed by atoms with Gasteiger partial charge in [0.2, 0.25) is 0 Å². The highest BCUT2D eigenvalue weighted by Gasteiger charge is 2.16. The molecule has 2 N–H and O–H groups in total. The van der Waals surface area contributed by atoms with E-state index < -0.39 is 0 Å². The Kier molecular flexibility index (Phi) is 5.22. The number of H-pyrrole nitrogens is 1. The van der Waals surface area contributed by atoms with Crippen LogP contribution in [0.25, 0.3) is 11.0 Å². The van der Waals surface area contributed by atoms with Gasteiger partial charge in [0.25, 0.3) is 5.91 Å². The normalized spacial score (nSPS) is 16.8. The molecule has 134 valence electrons. The standard InChI is InChI=1S/C20H21N3O2S/c24-19(21-12-16-4-3-11-25-16)15-9-7-14(8-10-15)13-26-20-22-17-5-1-2-6-18(17)23-20/h1-2,5-10,16H,3-4,11-13H2,(H,21,24)(H,22,23)/t16-/m1/s1. The summed E-state index contributed by atoms with van der Waals surface area (Å²) in [5.41, 5.74) is 3.87. The lowest BCUT2D eigenvalue weighted by molar-refractivity contribution is 0.0858. The number of ether oxygens (including phenoxy) is 1. The topological polar surface area (TPSA) is 67.0 Å². The number of carbonyl (C=O) groups excluding carboxylic acids is 1.